The Morgan fingerprint density at radius 3 is 2.64 bits per heavy atom. The average Bonchev–Trinajstić information content (AvgIpc) is 2.02. The van der Waals surface area contributed by atoms with Gasteiger partial charge in [0.25, 0.3) is 0 Å². The van der Waals surface area contributed by atoms with E-state index in [1.165, 1.54) is 0 Å². The van der Waals surface area contributed by atoms with E-state index in [0.29, 0.717) is 0 Å². The molecule has 66 valence electrons. The van der Waals surface area contributed by atoms with Crippen molar-refractivity contribution in [1.82, 2.24) is 5.32 Å². The Morgan fingerprint density at radius 1 is 1.73 bits per heavy atom. The van der Waals surface area contributed by atoms with E-state index in [4.69, 9.17) is 10.8 Å². The largest absolute Gasteiger partial charge is 0.394 e. The van der Waals surface area contributed by atoms with Crippen LogP contribution in [0.5, 0.6) is 0 Å². The van der Waals surface area contributed by atoms with Crippen molar-refractivity contribution >= 4 is 5.91 Å². The predicted octanol–water partition coefficient (Wildman–Crippen LogP) is -0.779. The minimum atomic E-state index is -0.788. The molecule has 0 saturated carbocycles. The molecule has 4 N–H and O–H groups in total. The van der Waals surface area contributed by atoms with Crippen LogP contribution in [0.25, 0.3) is 0 Å². The molecule has 1 amide bonds. The Kier molecular flexibility index (Phi) is 4.81. The summed E-state index contributed by atoms with van der Waals surface area (Å²) in [5, 5.41) is 11.2. The maximum absolute atomic E-state index is 10.9. The van der Waals surface area contributed by atoms with Crippen LogP contribution in [0.3, 0.4) is 0 Å². The second-order valence-corrected chi connectivity index (χ2v) is 2.61. The molecule has 0 aliphatic heterocycles. The number of carbonyl (C=O) groups excluding carboxylic acids is 1. The third kappa shape index (κ3) is 3.95. The van der Waals surface area contributed by atoms with Gasteiger partial charge in [-0.3, -0.25) is 4.79 Å². The quantitative estimate of drug-likeness (QED) is 0.505. The van der Waals surface area contributed by atoms with Crippen molar-refractivity contribution in [3.63, 3.8) is 0 Å². The summed E-state index contributed by atoms with van der Waals surface area (Å²) >= 11 is 0. The van der Waals surface area contributed by atoms with Gasteiger partial charge in [-0.15, -0.1) is 0 Å². The van der Waals surface area contributed by atoms with Crippen molar-refractivity contribution in [2.75, 3.05) is 6.61 Å². The van der Waals surface area contributed by atoms with Crippen molar-refractivity contribution in [3.05, 3.63) is 0 Å². The first kappa shape index (κ1) is 10.4. The van der Waals surface area contributed by atoms with Crippen molar-refractivity contribution in [3.8, 4) is 0 Å². The van der Waals surface area contributed by atoms with Crippen molar-refractivity contribution in [1.29, 1.82) is 0 Å². The van der Waals surface area contributed by atoms with Crippen LogP contribution in [0.4, 0.5) is 0 Å². The first-order valence-electron chi connectivity index (χ1n) is 3.78. The molecule has 0 heterocycles. The minimum Gasteiger partial charge on any atom is -0.394 e. The highest BCUT2D eigenvalue weighted by Crippen LogP contribution is 1.88. The van der Waals surface area contributed by atoms with Crippen LogP contribution < -0.4 is 11.1 Å². The molecule has 0 fully saturated rings. The number of hydrogen-bond acceptors (Lipinski definition) is 3. The van der Waals surface area contributed by atoms with Gasteiger partial charge in [-0.1, -0.05) is 6.92 Å². The Balaban J connectivity index is 3.68. The molecule has 4 heteroatoms. The van der Waals surface area contributed by atoms with Gasteiger partial charge in [-0.05, 0) is 13.3 Å². The van der Waals surface area contributed by atoms with Gasteiger partial charge in [-0.25, -0.2) is 0 Å². The third-order valence-electron chi connectivity index (χ3n) is 1.53. The standard InChI is InChI=1S/C7H16N2O2/c1-3-5(2)9-7(11)6(8)4-10/h5-6,10H,3-4,8H2,1-2H3,(H,9,11). The maximum Gasteiger partial charge on any atom is 0.239 e. The summed E-state index contributed by atoms with van der Waals surface area (Å²) in [6.07, 6.45) is 0.865. The molecule has 0 aromatic carbocycles. The Morgan fingerprint density at radius 2 is 2.27 bits per heavy atom. The van der Waals surface area contributed by atoms with Gasteiger partial charge in [0.15, 0.2) is 0 Å². The summed E-state index contributed by atoms with van der Waals surface area (Å²) < 4.78 is 0. The van der Waals surface area contributed by atoms with Gasteiger partial charge in [0.2, 0.25) is 5.91 Å². The molecule has 2 atom stereocenters. The number of hydrogen-bond donors (Lipinski definition) is 3. The van der Waals surface area contributed by atoms with E-state index in [2.05, 4.69) is 5.32 Å². The Hall–Kier alpha value is -0.610. The lowest BCUT2D eigenvalue weighted by atomic mass is 10.2. The number of nitrogens with one attached hydrogen (secondary N) is 1. The fourth-order valence-corrected chi connectivity index (χ4v) is 0.535. The second kappa shape index (κ2) is 5.09. The first-order valence-corrected chi connectivity index (χ1v) is 3.78. The molecular formula is C7H16N2O2. The number of aliphatic hydroxyl groups excluding tert-OH is 1. The molecule has 0 rings (SSSR count). The fraction of sp³-hybridized carbons (Fsp3) is 0.857. The number of amides is 1. The maximum atomic E-state index is 10.9. The zero-order chi connectivity index (χ0) is 8.85. The normalized spacial score (nSPS) is 15.6. The fourth-order valence-electron chi connectivity index (χ4n) is 0.535. The van der Waals surface area contributed by atoms with Gasteiger partial charge in [0.05, 0.1) is 6.61 Å². The van der Waals surface area contributed by atoms with E-state index in [-0.39, 0.29) is 18.6 Å². The van der Waals surface area contributed by atoms with E-state index in [1.54, 1.807) is 0 Å². The van der Waals surface area contributed by atoms with E-state index in [9.17, 15) is 4.79 Å². The van der Waals surface area contributed by atoms with E-state index < -0.39 is 6.04 Å². The predicted molar refractivity (Wildman–Crippen MR) is 43.0 cm³/mol. The molecule has 4 nitrogen and oxygen atoms in total. The minimum absolute atomic E-state index is 0.125. The van der Waals surface area contributed by atoms with Crippen molar-refractivity contribution in [2.24, 2.45) is 5.73 Å². The number of rotatable bonds is 4. The van der Waals surface area contributed by atoms with Crippen LogP contribution >= 0.6 is 0 Å². The monoisotopic (exact) mass is 160 g/mol. The van der Waals surface area contributed by atoms with Gasteiger partial charge in [0, 0.05) is 6.04 Å². The summed E-state index contributed by atoms with van der Waals surface area (Å²) in [6.45, 7) is 3.56. The van der Waals surface area contributed by atoms with E-state index >= 15 is 0 Å². The SMILES string of the molecule is CCC(C)NC(=O)C(N)CO. The topological polar surface area (TPSA) is 75.4 Å². The van der Waals surface area contributed by atoms with E-state index in [1.807, 2.05) is 13.8 Å². The lowest BCUT2D eigenvalue weighted by Crippen LogP contribution is -2.46. The molecule has 0 bridgehead atoms. The van der Waals surface area contributed by atoms with Gasteiger partial charge >= 0.3 is 0 Å². The van der Waals surface area contributed by atoms with Gasteiger partial charge in [0.1, 0.15) is 6.04 Å². The van der Waals surface area contributed by atoms with Crippen LogP contribution in [0.2, 0.25) is 0 Å². The van der Waals surface area contributed by atoms with Crippen LogP contribution in [-0.2, 0) is 4.79 Å². The van der Waals surface area contributed by atoms with Crippen LogP contribution in [0.15, 0.2) is 0 Å². The number of aliphatic hydroxyl groups is 1. The summed E-state index contributed by atoms with van der Waals surface area (Å²) in [5.74, 6) is -0.290. The summed E-state index contributed by atoms with van der Waals surface area (Å²) in [7, 11) is 0. The highest BCUT2D eigenvalue weighted by Gasteiger charge is 2.12. The number of carbonyl (C=O) groups is 1. The zero-order valence-corrected chi connectivity index (χ0v) is 7.00. The lowest BCUT2D eigenvalue weighted by molar-refractivity contribution is -0.123. The van der Waals surface area contributed by atoms with Gasteiger partial charge < -0.3 is 16.2 Å². The van der Waals surface area contributed by atoms with E-state index in [0.717, 1.165) is 6.42 Å². The molecule has 0 spiro atoms. The van der Waals surface area contributed by atoms with Crippen molar-refractivity contribution < 1.29 is 9.90 Å². The Labute approximate surface area is 66.8 Å². The molecule has 0 aliphatic rings. The summed E-state index contributed by atoms with van der Waals surface area (Å²) in [5.41, 5.74) is 5.26. The number of nitrogens with two attached hydrogens (primary N) is 1. The van der Waals surface area contributed by atoms with Crippen LogP contribution in [0.1, 0.15) is 20.3 Å². The summed E-state index contributed by atoms with van der Waals surface area (Å²) in [4.78, 5) is 10.9. The molecule has 11 heavy (non-hydrogen) atoms. The molecule has 0 radical (unpaired) electrons. The van der Waals surface area contributed by atoms with Crippen molar-refractivity contribution in [2.45, 2.75) is 32.4 Å². The van der Waals surface area contributed by atoms with Gasteiger partial charge in [-0.2, -0.15) is 0 Å². The zero-order valence-electron chi connectivity index (χ0n) is 7.00. The average molecular weight is 160 g/mol. The molecule has 0 aromatic rings. The molecule has 0 aliphatic carbocycles. The third-order valence-corrected chi connectivity index (χ3v) is 1.53. The van der Waals surface area contributed by atoms with Crippen LogP contribution in [-0.4, -0.2) is 29.7 Å². The lowest BCUT2D eigenvalue weighted by Gasteiger charge is -2.14. The molecule has 0 aromatic heterocycles. The molecular weight excluding hydrogens is 144 g/mol. The highest BCUT2D eigenvalue weighted by atomic mass is 16.3. The molecule has 2 unspecified atom stereocenters. The smallest absolute Gasteiger partial charge is 0.239 e. The molecule has 0 saturated heterocycles. The summed E-state index contributed by atoms with van der Waals surface area (Å²) in [6, 6.07) is -0.663. The Bertz CT molecular complexity index is 128. The first-order chi connectivity index (χ1) is 5.11. The highest BCUT2D eigenvalue weighted by molar-refractivity contribution is 5.81. The second-order valence-electron chi connectivity index (χ2n) is 2.61. The van der Waals surface area contributed by atoms with Crippen LogP contribution in [0, 0.1) is 0 Å².